The van der Waals surface area contributed by atoms with E-state index in [9.17, 15) is 0 Å². The molecule has 1 atom stereocenters. The van der Waals surface area contributed by atoms with Gasteiger partial charge in [-0.1, -0.05) is 13.8 Å². The van der Waals surface area contributed by atoms with Crippen LogP contribution in [0.1, 0.15) is 32.5 Å². The van der Waals surface area contributed by atoms with Gasteiger partial charge in [-0.25, -0.2) is 4.98 Å². The van der Waals surface area contributed by atoms with Gasteiger partial charge in [-0.15, -0.1) is 0 Å². The summed E-state index contributed by atoms with van der Waals surface area (Å²) >= 11 is 0. The minimum atomic E-state index is 0.248. The fourth-order valence-corrected chi connectivity index (χ4v) is 1.35. The number of hydrogen-bond acceptors (Lipinski definition) is 2. The molecule has 1 aromatic heterocycles. The SMILES string of the molecule is CCCn1ccnc1CC(N)CC. The first-order valence-corrected chi connectivity index (χ1v) is 5.03. The van der Waals surface area contributed by atoms with Crippen molar-refractivity contribution in [2.45, 2.75) is 45.7 Å². The third kappa shape index (κ3) is 2.84. The monoisotopic (exact) mass is 181 g/mol. The molecule has 1 rings (SSSR count). The molecular weight excluding hydrogens is 162 g/mol. The van der Waals surface area contributed by atoms with E-state index in [0.29, 0.717) is 0 Å². The molecule has 2 N–H and O–H groups in total. The Hall–Kier alpha value is -0.830. The van der Waals surface area contributed by atoms with E-state index >= 15 is 0 Å². The van der Waals surface area contributed by atoms with Gasteiger partial charge in [0.1, 0.15) is 5.82 Å². The minimum Gasteiger partial charge on any atom is -0.335 e. The van der Waals surface area contributed by atoms with Crippen LogP contribution in [0.25, 0.3) is 0 Å². The summed E-state index contributed by atoms with van der Waals surface area (Å²) in [6.07, 6.45) is 6.93. The van der Waals surface area contributed by atoms with Gasteiger partial charge in [0.2, 0.25) is 0 Å². The third-order valence-corrected chi connectivity index (χ3v) is 2.24. The Morgan fingerprint density at radius 3 is 2.92 bits per heavy atom. The molecule has 0 fully saturated rings. The van der Waals surface area contributed by atoms with E-state index in [4.69, 9.17) is 5.73 Å². The van der Waals surface area contributed by atoms with E-state index in [1.807, 2.05) is 12.4 Å². The van der Waals surface area contributed by atoms with Crippen LogP contribution in [-0.4, -0.2) is 15.6 Å². The predicted octanol–water partition coefficient (Wildman–Crippen LogP) is 1.57. The topological polar surface area (TPSA) is 43.8 Å². The van der Waals surface area contributed by atoms with Crippen LogP contribution in [0.15, 0.2) is 12.4 Å². The molecule has 0 radical (unpaired) electrons. The van der Waals surface area contributed by atoms with Crippen molar-refractivity contribution in [1.82, 2.24) is 9.55 Å². The highest BCUT2D eigenvalue weighted by molar-refractivity contribution is 4.94. The van der Waals surface area contributed by atoms with Gasteiger partial charge >= 0.3 is 0 Å². The van der Waals surface area contributed by atoms with Crippen LogP contribution in [-0.2, 0) is 13.0 Å². The molecule has 0 spiro atoms. The molecule has 0 amide bonds. The zero-order valence-corrected chi connectivity index (χ0v) is 8.53. The van der Waals surface area contributed by atoms with Crippen molar-refractivity contribution in [2.75, 3.05) is 0 Å². The van der Waals surface area contributed by atoms with Gasteiger partial charge in [0.25, 0.3) is 0 Å². The summed E-state index contributed by atoms with van der Waals surface area (Å²) in [6, 6.07) is 0.248. The molecule has 3 nitrogen and oxygen atoms in total. The fraction of sp³-hybridized carbons (Fsp3) is 0.700. The normalized spacial score (nSPS) is 13.2. The highest BCUT2D eigenvalue weighted by atomic mass is 15.1. The molecule has 0 saturated carbocycles. The Morgan fingerprint density at radius 2 is 2.31 bits per heavy atom. The van der Waals surface area contributed by atoms with E-state index in [1.165, 1.54) is 0 Å². The lowest BCUT2D eigenvalue weighted by molar-refractivity contribution is 0.574. The first kappa shape index (κ1) is 10.3. The van der Waals surface area contributed by atoms with Crippen LogP contribution in [0.2, 0.25) is 0 Å². The number of nitrogens with two attached hydrogens (primary N) is 1. The van der Waals surface area contributed by atoms with E-state index in [0.717, 1.165) is 31.6 Å². The Balaban J connectivity index is 2.59. The summed E-state index contributed by atoms with van der Waals surface area (Å²) in [5.74, 6) is 1.12. The van der Waals surface area contributed by atoms with Gasteiger partial charge in [0.15, 0.2) is 0 Å². The number of rotatable bonds is 5. The van der Waals surface area contributed by atoms with Gasteiger partial charge in [-0.3, -0.25) is 0 Å². The van der Waals surface area contributed by atoms with Crippen LogP contribution >= 0.6 is 0 Å². The molecule has 13 heavy (non-hydrogen) atoms. The van der Waals surface area contributed by atoms with Gasteiger partial charge in [-0.2, -0.15) is 0 Å². The van der Waals surface area contributed by atoms with E-state index in [2.05, 4.69) is 23.4 Å². The second kappa shape index (κ2) is 5.02. The largest absolute Gasteiger partial charge is 0.335 e. The molecule has 0 aliphatic heterocycles. The molecule has 1 heterocycles. The molecule has 1 unspecified atom stereocenters. The van der Waals surface area contributed by atoms with Crippen molar-refractivity contribution < 1.29 is 0 Å². The highest BCUT2D eigenvalue weighted by Crippen LogP contribution is 2.03. The van der Waals surface area contributed by atoms with Gasteiger partial charge in [0.05, 0.1) is 0 Å². The molecule has 3 heteroatoms. The fourth-order valence-electron chi connectivity index (χ4n) is 1.35. The maximum Gasteiger partial charge on any atom is 0.110 e. The second-order valence-electron chi connectivity index (χ2n) is 3.41. The number of hydrogen-bond donors (Lipinski definition) is 1. The second-order valence-corrected chi connectivity index (χ2v) is 3.41. The zero-order valence-electron chi connectivity index (χ0n) is 8.53. The van der Waals surface area contributed by atoms with Crippen molar-refractivity contribution >= 4 is 0 Å². The summed E-state index contributed by atoms with van der Waals surface area (Å²) in [5, 5.41) is 0. The molecule has 0 saturated heterocycles. The van der Waals surface area contributed by atoms with E-state index in [1.54, 1.807) is 0 Å². The summed E-state index contributed by atoms with van der Waals surface area (Å²) in [6.45, 7) is 5.33. The van der Waals surface area contributed by atoms with Crippen molar-refractivity contribution in [3.8, 4) is 0 Å². The molecule has 1 aromatic rings. The standard InChI is InChI=1S/C10H19N3/c1-3-6-13-7-5-12-10(13)8-9(11)4-2/h5,7,9H,3-4,6,8,11H2,1-2H3. The lowest BCUT2D eigenvalue weighted by atomic mass is 10.1. The Bertz CT molecular complexity index is 242. The number of aromatic nitrogens is 2. The number of aryl methyl sites for hydroxylation is 1. The predicted molar refractivity (Wildman–Crippen MR) is 54.5 cm³/mol. The van der Waals surface area contributed by atoms with Crippen LogP contribution in [0.3, 0.4) is 0 Å². The average Bonchev–Trinajstić information content (AvgIpc) is 2.54. The van der Waals surface area contributed by atoms with Gasteiger partial charge in [0, 0.05) is 31.4 Å². The highest BCUT2D eigenvalue weighted by Gasteiger charge is 2.06. The van der Waals surface area contributed by atoms with Crippen molar-refractivity contribution in [2.24, 2.45) is 5.73 Å². The van der Waals surface area contributed by atoms with Crippen molar-refractivity contribution in [1.29, 1.82) is 0 Å². The Kier molecular flexibility index (Phi) is 3.96. The molecule has 0 aromatic carbocycles. The maximum atomic E-state index is 5.88. The molecule has 0 bridgehead atoms. The van der Waals surface area contributed by atoms with Gasteiger partial charge in [-0.05, 0) is 12.8 Å². The summed E-state index contributed by atoms with van der Waals surface area (Å²) in [4.78, 5) is 4.31. The smallest absolute Gasteiger partial charge is 0.110 e. The van der Waals surface area contributed by atoms with Crippen LogP contribution in [0, 0.1) is 0 Å². The Morgan fingerprint density at radius 1 is 1.54 bits per heavy atom. The summed E-state index contributed by atoms with van der Waals surface area (Å²) in [5.41, 5.74) is 5.88. The number of nitrogens with zero attached hydrogens (tertiary/aromatic N) is 2. The van der Waals surface area contributed by atoms with Crippen LogP contribution in [0.4, 0.5) is 0 Å². The molecular formula is C10H19N3. The van der Waals surface area contributed by atoms with E-state index < -0.39 is 0 Å². The lowest BCUT2D eigenvalue weighted by Gasteiger charge is -2.10. The number of imidazole rings is 1. The molecule has 0 aliphatic rings. The van der Waals surface area contributed by atoms with Crippen LogP contribution in [0.5, 0.6) is 0 Å². The average molecular weight is 181 g/mol. The lowest BCUT2D eigenvalue weighted by Crippen LogP contribution is -2.23. The van der Waals surface area contributed by atoms with Gasteiger partial charge < -0.3 is 10.3 Å². The first-order chi connectivity index (χ1) is 6.27. The molecule has 74 valence electrons. The van der Waals surface area contributed by atoms with Crippen LogP contribution < -0.4 is 5.73 Å². The quantitative estimate of drug-likeness (QED) is 0.749. The summed E-state index contributed by atoms with van der Waals surface area (Å²) < 4.78 is 2.19. The Labute approximate surface area is 80.0 Å². The zero-order chi connectivity index (χ0) is 9.68. The van der Waals surface area contributed by atoms with Crippen molar-refractivity contribution in [3.05, 3.63) is 18.2 Å². The van der Waals surface area contributed by atoms with Crippen molar-refractivity contribution in [3.63, 3.8) is 0 Å². The third-order valence-electron chi connectivity index (χ3n) is 2.24. The molecule has 0 aliphatic carbocycles. The summed E-state index contributed by atoms with van der Waals surface area (Å²) in [7, 11) is 0. The minimum absolute atomic E-state index is 0.248. The van der Waals surface area contributed by atoms with E-state index in [-0.39, 0.29) is 6.04 Å². The first-order valence-electron chi connectivity index (χ1n) is 5.03. The maximum absolute atomic E-state index is 5.88.